The highest BCUT2D eigenvalue weighted by Gasteiger charge is 2.30. The van der Waals surface area contributed by atoms with Crippen molar-refractivity contribution in [3.05, 3.63) is 63.9 Å². The number of rotatable bonds is 12. The van der Waals surface area contributed by atoms with Crippen LogP contribution in [0.5, 0.6) is 0 Å². The van der Waals surface area contributed by atoms with E-state index in [1.807, 2.05) is 13.8 Å². The van der Waals surface area contributed by atoms with Crippen molar-refractivity contribution >= 4 is 50.7 Å². The molecule has 36 heavy (non-hydrogen) atoms. The quantitative estimate of drug-likeness (QED) is 0.396. The number of amides is 2. The van der Waals surface area contributed by atoms with E-state index in [2.05, 4.69) is 5.32 Å². The largest absolute Gasteiger partial charge is 0.352 e. The van der Waals surface area contributed by atoms with Gasteiger partial charge in [0.25, 0.3) is 0 Å². The number of carbonyl (C=O) groups excluding carboxylic acids is 2. The summed E-state index contributed by atoms with van der Waals surface area (Å²) in [6.45, 7) is 5.43. The first-order valence-electron chi connectivity index (χ1n) is 11.6. The molecule has 2 rings (SSSR count). The highest BCUT2D eigenvalue weighted by Crippen LogP contribution is 2.25. The lowest BCUT2D eigenvalue weighted by Gasteiger charge is -2.32. The van der Waals surface area contributed by atoms with Gasteiger partial charge in [0, 0.05) is 35.6 Å². The van der Waals surface area contributed by atoms with Crippen LogP contribution in [0.15, 0.2) is 42.5 Å². The van der Waals surface area contributed by atoms with Crippen LogP contribution in [0.4, 0.5) is 10.1 Å². The normalized spacial score (nSPS) is 12.3. The first kappa shape index (κ1) is 29.9. The van der Waals surface area contributed by atoms with E-state index in [9.17, 15) is 22.4 Å². The topological polar surface area (TPSA) is 86.8 Å². The molecule has 0 aromatic heterocycles. The van der Waals surface area contributed by atoms with Crippen molar-refractivity contribution in [2.24, 2.45) is 0 Å². The third kappa shape index (κ3) is 8.35. The Morgan fingerprint density at radius 2 is 1.78 bits per heavy atom. The van der Waals surface area contributed by atoms with Gasteiger partial charge in [0.05, 0.1) is 11.9 Å². The van der Waals surface area contributed by atoms with Gasteiger partial charge in [-0.2, -0.15) is 0 Å². The molecule has 0 aliphatic heterocycles. The van der Waals surface area contributed by atoms with Gasteiger partial charge in [0.15, 0.2) is 0 Å². The van der Waals surface area contributed by atoms with Crippen molar-refractivity contribution in [2.75, 3.05) is 17.1 Å². The lowest BCUT2D eigenvalue weighted by atomic mass is 10.1. The molecule has 1 atom stereocenters. The number of para-hydroxylation sites is 1. The molecule has 0 aliphatic rings. The van der Waals surface area contributed by atoms with Crippen LogP contribution in [0.3, 0.4) is 0 Å². The van der Waals surface area contributed by atoms with Crippen molar-refractivity contribution in [3.63, 3.8) is 0 Å². The van der Waals surface area contributed by atoms with Crippen LogP contribution in [0.25, 0.3) is 0 Å². The Kier molecular flexibility index (Phi) is 11.0. The summed E-state index contributed by atoms with van der Waals surface area (Å²) in [5.41, 5.74) is 0.536. The van der Waals surface area contributed by atoms with E-state index in [1.165, 1.54) is 23.1 Å². The molecular weight excluding hydrogens is 528 g/mol. The Morgan fingerprint density at radius 3 is 2.33 bits per heavy atom. The molecule has 0 spiro atoms. The summed E-state index contributed by atoms with van der Waals surface area (Å²) in [5.74, 6) is -1.33. The second-order valence-corrected chi connectivity index (χ2v) is 11.5. The SMILES string of the molecule is CC[C@@H](C(=O)NC(C)C)N(Cc1ccc(Cl)cc1Cl)C(=O)CCCN(c1ccccc1F)S(C)(=O)=O. The summed E-state index contributed by atoms with van der Waals surface area (Å²) >= 11 is 12.3. The van der Waals surface area contributed by atoms with Crippen LogP contribution >= 0.6 is 23.2 Å². The summed E-state index contributed by atoms with van der Waals surface area (Å²) in [5, 5.41) is 3.65. The zero-order valence-corrected chi connectivity index (χ0v) is 23.1. The van der Waals surface area contributed by atoms with Crippen molar-refractivity contribution in [1.29, 1.82) is 0 Å². The fourth-order valence-corrected chi connectivity index (χ4v) is 5.20. The third-order valence-corrected chi connectivity index (χ3v) is 7.21. The Hall–Kier alpha value is -2.36. The van der Waals surface area contributed by atoms with E-state index in [1.54, 1.807) is 31.2 Å². The summed E-state index contributed by atoms with van der Waals surface area (Å²) in [6.07, 6.45) is 1.41. The molecule has 0 fully saturated rings. The number of nitrogens with one attached hydrogen (secondary N) is 1. The predicted molar refractivity (Wildman–Crippen MR) is 142 cm³/mol. The van der Waals surface area contributed by atoms with Gasteiger partial charge in [-0.3, -0.25) is 13.9 Å². The maximum Gasteiger partial charge on any atom is 0.243 e. The first-order valence-corrected chi connectivity index (χ1v) is 14.2. The smallest absolute Gasteiger partial charge is 0.243 e. The molecule has 0 saturated carbocycles. The summed E-state index contributed by atoms with van der Waals surface area (Å²) < 4.78 is 39.9. The number of benzene rings is 2. The van der Waals surface area contributed by atoms with Gasteiger partial charge < -0.3 is 10.2 Å². The van der Waals surface area contributed by atoms with Gasteiger partial charge in [-0.15, -0.1) is 0 Å². The number of halogens is 3. The number of hydrogen-bond donors (Lipinski definition) is 1. The minimum absolute atomic E-state index is 0.0584. The fraction of sp³-hybridized carbons (Fsp3) is 0.440. The van der Waals surface area contributed by atoms with Crippen LogP contribution in [0.2, 0.25) is 10.0 Å². The van der Waals surface area contributed by atoms with Gasteiger partial charge in [-0.25, -0.2) is 12.8 Å². The van der Waals surface area contributed by atoms with E-state index in [4.69, 9.17) is 23.2 Å². The van der Waals surface area contributed by atoms with Crippen LogP contribution in [0.1, 0.15) is 45.6 Å². The van der Waals surface area contributed by atoms with Crippen molar-refractivity contribution in [3.8, 4) is 0 Å². The Balaban J connectivity index is 2.27. The van der Waals surface area contributed by atoms with Crippen LogP contribution < -0.4 is 9.62 Å². The first-order chi connectivity index (χ1) is 16.8. The Morgan fingerprint density at radius 1 is 1.11 bits per heavy atom. The lowest BCUT2D eigenvalue weighted by molar-refractivity contribution is -0.141. The van der Waals surface area contributed by atoms with E-state index < -0.39 is 21.9 Å². The van der Waals surface area contributed by atoms with Gasteiger partial charge in [-0.05, 0) is 56.5 Å². The summed E-state index contributed by atoms with van der Waals surface area (Å²) in [4.78, 5) is 27.7. The second kappa shape index (κ2) is 13.3. The van der Waals surface area contributed by atoms with Crippen LogP contribution in [-0.4, -0.2) is 50.0 Å². The number of sulfonamides is 1. The third-order valence-electron chi connectivity index (χ3n) is 5.45. The molecule has 0 heterocycles. The minimum Gasteiger partial charge on any atom is -0.352 e. The zero-order valence-electron chi connectivity index (χ0n) is 20.8. The molecule has 0 unspecified atom stereocenters. The van der Waals surface area contributed by atoms with Crippen molar-refractivity contribution in [1.82, 2.24) is 10.2 Å². The molecule has 0 radical (unpaired) electrons. The molecule has 11 heteroatoms. The summed E-state index contributed by atoms with van der Waals surface area (Å²) in [7, 11) is -3.79. The molecular formula is C25H32Cl2FN3O4S. The maximum absolute atomic E-state index is 14.3. The average molecular weight is 561 g/mol. The number of hydrogen-bond acceptors (Lipinski definition) is 4. The predicted octanol–water partition coefficient (Wildman–Crippen LogP) is 5.01. The highest BCUT2D eigenvalue weighted by molar-refractivity contribution is 7.92. The monoisotopic (exact) mass is 559 g/mol. The minimum atomic E-state index is -3.79. The Bertz CT molecular complexity index is 1180. The van der Waals surface area contributed by atoms with Gasteiger partial charge in [-0.1, -0.05) is 48.3 Å². The van der Waals surface area contributed by atoms with E-state index in [0.717, 1.165) is 10.6 Å². The van der Waals surface area contributed by atoms with E-state index in [-0.39, 0.29) is 49.5 Å². The molecule has 1 N–H and O–H groups in total. The van der Waals surface area contributed by atoms with Crippen molar-refractivity contribution < 1.29 is 22.4 Å². The van der Waals surface area contributed by atoms with Crippen LogP contribution in [-0.2, 0) is 26.2 Å². The molecule has 2 amide bonds. The molecule has 0 bridgehead atoms. The average Bonchev–Trinajstić information content (AvgIpc) is 2.77. The van der Waals surface area contributed by atoms with Crippen LogP contribution in [0, 0.1) is 5.82 Å². The fourth-order valence-electron chi connectivity index (χ4n) is 3.77. The number of nitrogens with zero attached hydrogens (tertiary/aromatic N) is 2. The standard InChI is InChI=1S/C25H32Cl2FN3O4S/c1-5-22(25(33)29-17(2)3)30(16-18-12-13-19(26)15-20(18)27)24(32)11-8-14-31(36(4,34)35)23-10-7-6-9-21(23)28/h6-7,9-10,12-13,15,17,22H,5,8,11,14,16H2,1-4H3,(H,29,33)/t22-/m0/s1. The molecule has 198 valence electrons. The number of carbonyl (C=O) groups is 2. The maximum atomic E-state index is 14.3. The van der Waals surface area contributed by atoms with Gasteiger partial charge in [0.1, 0.15) is 11.9 Å². The Labute approximate surface area is 222 Å². The zero-order chi connectivity index (χ0) is 27.0. The molecule has 2 aromatic carbocycles. The molecule has 0 aliphatic carbocycles. The molecule has 2 aromatic rings. The second-order valence-electron chi connectivity index (χ2n) is 8.73. The molecule has 0 saturated heterocycles. The summed E-state index contributed by atoms with van der Waals surface area (Å²) in [6, 6.07) is 9.59. The van der Waals surface area contributed by atoms with Gasteiger partial charge >= 0.3 is 0 Å². The van der Waals surface area contributed by atoms with E-state index >= 15 is 0 Å². The highest BCUT2D eigenvalue weighted by atomic mass is 35.5. The van der Waals surface area contributed by atoms with Crippen molar-refractivity contribution in [2.45, 2.75) is 58.7 Å². The van der Waals surface area contributed by atoms with Gasteiger partial charge in [0.2, 0.25) is 21.8 Å². The lowest BCUT2D eigenvalue weighted by Crippen LogP contribution is -2.50. The number of anilines is 1. The van der Waals surface area contributed by atoms with E-state index in [0.29, 0.717) is 22.0 Å². The molecule has 7 nitrogen and oxygen atoms in total.